The SMILES string of the molecule is CC1(C)CCC[C@@]2(C)CCC(=O)C=C12. The Bertz CT molecular complexity index is 298. The predicted molar refractivity (Wildman–Crippen MR) is 58.1 cm³/mol. The number of allylic oxidation sites excluding steroid dienone is 2. The van der Waals surface area contributed by atoms with E-state index in [1.165, 1.54) is 24.8 Å². The lowest BCUT2D eigenvalue weighted by molar-refractivity contribution is -0.116. The molecule has 0 radical (unpaired) electrons. The van der Waals surface area contributed by atoms with Gasteiger partial charge in [0.05, 0.1) is 0 Å². The number of carbonyl (C=O) groups excluding carboxylic acids is 1. The van der Waals surface area contributed by atoms with Crippen molar-refractivity contribution in [3.05, 3.63) is 11.6 Å². The lowest BCUT2D eigenvalue weighted by atomic mass is 9.57. The Kier molecular flexibility index (Phi) is 2.09. The van der Waals surface area contributed by atoms with E-state index >= 15 is 0 Å². The van der Waals surface area contributed by atoms with Gasteiger partial charge in [0, 0.05) is 6.42 Å². The summed E-state index contributed by atoms with van der Waals surface area (Å²) < 4.78 is 0. The monoisotopic (exact) mass is 192 g/mol. The van der Waals surface area contributed by atoms with E-state index in [1.54, 1.807) is 0 Å². The minimum Gasteiger partial charge on any atom is -0.295 e. The molecule has 2 aliphatic rings. The molecule has 0 aromatic carbocycles. The Labute approximate surface area is 86.6 Å². The second kappa shape index (κ2) is 2.95. The van der Waals surface area contributed by atoms with E-state index in [0.717, 1.165) is 12.8 Å². The van der Waals surface area contributed by atoms with Crippen LogP contribution in [0.25, 0.3) is 0 Å². The van der Waals surface area contributed by atoms with Crippen LogP contribution in [0.5, 0.6) is 0 Å². The zero-order chi connectivity index (χ0) is 10.4. The van der Waals surface area contributed by atoms with Crippen LogP contribution in [-0.4, -0.2) is 5.78 Å². The lowest BCUT2D eigenvalue weighted by Gasteiger charge is -2.47. The van der Waals surface area contributed by atoms with E-state index in [9.17, 15) is 4.79 Å². The summed E-state index contributed by atoms with van der Waals surface area (Å²) in [6, 6.07) is 0. The molecule has 0 saturated heterocycles. The van der Waals surface area contributed by atoms with E-state index in [4.69, 9.17) is 0 Å². The maximum atomic E-state index is 11.5. The molecule has 2 aliphatic carbocycles. The molecule has 0 amide bonds. The molecule has 0 unspecified atom stereocenters. The first kappa shape index (κ1) is 9.95. The molecule has 1 saturated carbocycles. The van der Waals surface area contributed by atoms with Crippen LogP contribution in [0, 0.1) is 10.8 Å². The van der Waals surface area contributed by atoms with Crippen molar-refractivity contribution in [1.29, 1.82) is 0 Å². The topological polar surface area (TPSA) is 17.1 Å². The van der Waals surface area contributed by atoms with Gasteiger partial charge in [-0.05, 0) is 36.2 Å². The number of ketones is 1. The molecule has 0 heterocycles. The van der Waals surface area contributed by atoms with E-state index in [-0.39, 0.29) is 5.41 Å². The van der Waals surface area contributed by atoms with Gasteiger partial charge in [0.15, 0.2) is 5.78 Å². The smallest absolute Gasteiger partial charge is 0.155 e. The van der Waals surface area contributed by atoms with Crippen molar-refractivity contribution >= 4 is 5.78 Å². The normalized spacial score (nSPS) is 36.2. The highest BCUT2D eigenvalue weighted by Gasteiger charge is 2.43. The summed E-state index contributed by atoms with van der Waals surface area (Å²) in [7, 11) is 0. The van der Waals surface area contributed by atoms with Crippen LogP contribution >= 0.6 is 0 Å². The molecule has 0 aromatic heterocycles. The van der Waals surface area contributed by atoms with E-state index in [1.807, 2.05) is 6.08 Å². The third-order valence-electron chi connectivity index (χ3n) is 4.14. The van der Waals surface area contributed by atoms with Crippen LogP contribution in [0.3, 0.4) is 0 Å². The van der Waals surface area contributed by atoms with Crippen molar-refractivity contribution in [1.82, 2.24) is 0 Å². The third-order valence-corrected chi connectivity index (χ3v) is 4.14. The molecule has 1 atom stereocenters. The molecule has 0 bridgehead atoms. The highest BCUT2D eigenvalue weighted by molar-refractivity contribution is 5.91. The molecule has 0 aliphatic heterocycles. The van der Waals surface area contributed by atoms with Crippen LogP contribution in [-0.2, 0) is 4.79 Å². The molecular weight excluding hydrogens is 172 g/mol. The molecule has 14 heavy (non-hydrogen) atoms. The van der Waals surface area contributed by atoms with Crippen LogP contribution in [0.2, 0.25) is 0 Å². The highest BCUT2D eigenvalue weighted by atomic mass is 16.1. The van der Waals surface area contributed by atoms with Gasteiger partial charge in [0.25, 0.3) is 0 Å². The lowest BCUT2D eigenvalue weighted by Crippen LogP contribution is -2.37. The number of hydrogen-bond donors (Lipinski definition) is 0. The largest absolute Gasteiger partial charge is 0.295 e. The molecule has 1 fully saturated rings. The van der Waals surface area contributed by atoms with Crippen LogP contribution in [0.1, 0.15) is 52.9 Å². The fourth-order valence-corrected chi connectivity index (χ4v) is 3.27. The molecule has 0 aromatic rings. The minimum absolute atomic E-state index is 0.253. The first-order chi connectivity index (χ1) is 6.44. The van der Waals surface area contributed by atoms with E-state index in [2.05, 4.69) is 20.8 Å². The fraction of sp³-hybridized carbons (Fsp3) is 0.769. The molecule has 78 valence electrons. The van der Waals surface area contributed by atoms with Gasteiger partial charge in [-0.25, -0.2) is 0 Å². The molecule has 2 rings (SSSR count). The first-order valence-corrected chi connectivity index (χ1v) is 5.70. The second-order valence-electron chi connectivity index (χ2n) is 5.82. The quantitative estimate of drug-likeness (QED) is 0.574. The Morgan fingerprint density at radius 2 is 1.86 bits per heavy atom. The van der Waals surface area contributed by atoms with Crippen molar-refractivity contribution in [2.24, 2.45) is 10.8 Å². The highest BCUT2D eigenvalue weighted by Crippen LogP contribution is 2.54. The summed E-state index contributed by atoms with van der Waals surface area (Å²) in [5.41, 5.74) is 2.01. The van der Waals surface area contributed by atoms with Gasteiger partial charge < -0.3 is 0 Å². The van der Waals surface area contributed by atoms with Crippen LogP contribution < -0.4 is 0 Å². The van der Waals surface area contributed by atoms with Gasteiger partial charge in [0.1, 0.15) is 0 Å². The Hall–Kier alpha value is -0.590. The van der Waals surface area contributed by atoms with Gasteiger partial charge in [0.2, 0.25) is 0 Å². The maximum absolute atomic E-state index is 11.5. The molecule has 1 nitrogen and oxygen atoms in total. The van der Waals surface area contributed by atoms with E-state index in [0.29, 0.717) is 11.2 Å². The zero-order valence-corrected chi connectivity index (χ0v) is 9.52. The molecule has 0 spiro atoms. The fourth-order valence-electron chi connectivity index (χ4n) is 3.27. The summed E-state index contributed by atoms with van der Waals surface area (Å²) in [6.07, 6.45) is 7.60. The summed E-state index contributed by atoms with van der Waals surface area (Å²) >= 11 is 0. The van der Waals surface area contributed by atoms with Crippen LogP contribution in [0.4, 0.5) is 0 Å². The van der Waals surface area contributed by atoms with Gasteiger partial charge in [-0.15, -0.1) is 0 Å². The van der Waals surface area contributed by atoms with Crippen molar-refractivity contribution in [2.75, 3.05) is 0 Å². The number of fused-ring (bicyclic) bond motifs is 1. The minimum atomic E-state index is 0.253. The maximum Gasteiger partial charge on any atom is 0.155 e. The van der Waals surface area contributed by atoms with Gasteiger partial charge in [-0.1, -0.05) is 32.8 Å². The summed E-state index contributed by atoms with van der Waals surface area (Å²) in [6.45, 7) is 6.91. The van der Waals surface area contributed by atoms with Gasteiger partial charge in [-0.3, -0.25) is 4.79 Å². The predicted octanol–water partition coefficient (Wildman–Crippen LogP) is 3.49. The van der Waals surface area contributed by atoms with Gasteiger partial charge in [-0.2, -0.15) is 0 Å². The summed E-state index contributed by atoms with van der Waals surface area (Å²) in [5.74, 6) is 0.340. The Balaban J connectivity index is 2.43. The molecule has 1 heteroatoms. The number of hydrogen-bond acceptors (Lipinski definition) is 1. The van der Waals surface area contributed by atoms with E-state index < -0.39 is 0 Å². The van der Waals surface area contributed by atoms with Crippen molar-refractivity contribution in [2.45, 2.75) is 52.9 Å². The third kappa shape index (κ3) is 1.43. The van der Waals surface area contributed by atoms with Crippen molar-refractivity contribution in [3.8, 4) is 0 Å². The standard InChI is InChI=1S/C13H20O/c1-12(2)6-4-7-13(3)8-5-10(14)9-11(12)13/h9H,4-8H2,1-3H3/t13-/m0/s1. The first-order valence-electron chi connectivity index (χ1n) is 5.70. The Morgan fingerprint density at radius 3 is 2.57 bits per heavy atom. The molecule has 0 N–H and O–H groups in total. The second-order valence-corrected chi connectivity index (χ2v) is 5.82. The zero-order valence-electron chi connectivity index (χ0n) is 9.52. The average molecular weight is 192 g/mol. The summed E-state index contributed by atoms with van der Waals surface area (Å²) in [4.78, 5) is 11.5. The summed E-state index contributed by atoms with van der Waals surface area (Å²) in [5, 5.41) is 0. The average Bonchev–Trinajstić information content (AvgIpc) is 2.08. The number of rotatable bonds is 0. The molecular formula is C13H20O. The van der Waals surface area contributed by atoms with Gasteiger partial charge >= 0.3 is 0 Å². The number of carbonyl (C=O) groups is 1. The van der Waals surface area contributed by atoms with Crippen molar-refractivity contribution in [3.63, 3.8) is 0 Å². The Morgan fingerprint density at radius 1 is 1.14 bits per heavy atom. The van der Waals surface area contributed by atoms with Crippen LogP contribution in [0.15, 0.2) is 11.6 Å². The van der Waals surface area contributed by atoms with Crippen molar-refractivity contribution < 1.29 is 4.79 Å².